The molecule has 1 heterocycles. The fourth-order valence-corrected chi connectivity index (χ4v) is 2.54. The quantitative estimate of drug-likeness (QED) is 0.844. The predicted octanol–water partition coefficient (Wildman–Crippen LogP) is 0.935. The van der Waals surface area contributed by atoms with Crippen molar-refractivity contribution in [3.8, 4) is 11.8 Å². The number of rotatable bonds is 6. The van der Waals surface area contributed by atoms with E-state index in [0.717, 1.165) is 39.3 Å². The monoisotopic (exact) mass is 289 g/mol. The van der Waals surface area contributed by atoms with Crippen LogP contribution in [0.2, 0.25) is 0 Å². The maximum Gasteiger partial charge on any atom is 0.137 e. The molecular weight excluding hydrogens is 266 g/mol. The van der Waals surface area contributed by atoms with E-state index in [0.29, 0.717) is 17.9 Å². The molecule has 1 aromatic rings. The summed E-state index contributed by atoms with van der Waals surface area (Å²) in [7, 11) is 0. The van der Waals surface area contributed by atoms with E-state index in [1.54, 1.807) is 6.07 Å². The molecule has 114 valence electrons. The Morgan fingerprint density at radius 1 is 1.24 bits per heavy atom. The first-order valence-corrected chi connectivity index (χ1v) is 7.43. The molecule has 1 unspecified atom stereocenters. The molecule has 0 bridgehead atoms. The van der Waals surface area contributed by atoms with Crippen molar-refractivity contribution < 1.29 is 9.84 Å². The molecule has 2 rings (SSSR count). The van der Waals surface area contributed by atoms with E-state index in [9.17, 15) is 5.11 Å². The van der Waals surface area contributed by atoms with Gasteiger partial charge < -0.3 is 9.84 Å². The lowest BCUT2D eigenvalue weighted by atomic mass is 10.2. The third-order valence-electron chi connectivity index (χ3n) is 3.66. The predicted molar refractivity (Wildman–Crippen MR) is 81.2 cm³/mol. The Bertz CT molecular complexity index is 477. The molecule has 5 heteroatoms. The van der Waals surface area contributed by atoms with E-state index in [2.05, 4.69) is 15.9 Å². The molecule has 1 N–H and O–H groups in total. The van der Waals surface area contributed by atoms with E-state index >= 15 is 0 Å². The van der Waals surface area contributed by atoms with E-state index in [1.807, 2.05) is 25.1 Å². The zero-order valence-corrected chi connectivity index (χ0v) is 12.5. The van der Waals surface area contributed by atoms with Gasteiger partial charge in [-0.05, 0) is 19.1 Å². The number of ether oxygens (including phenoxy) is 1. The number of aliphatic hydroxyl groups excluding tert-OH is 1. The van der Waals surface area contributed by atoms with Crippen LogP contribution in [-0.4, -0.2) is 66.9 Å². The van der Waals surface area contributed by atoms with Crippen LogP contribution in [0.1, 0.15) is 12.5 Å². The second-order valence-corrected chi connectivity index (χ2v) is 5.45. The van der Waals surface area contributed by atoms with Crippen LogP contribution in [0, 0.1) is 11.3 Å². The first kappa shape index (κ1) is 15.8. The van der Waals surface area contributed by atoms with Crippen molar-refractivity contribution in [3.05, 3.63) is 29.8 Å². The van der Waals surface area contributed by atoms with Gasteiger partial charge >= 0.3 is 0 Å². The lowest BCUT2D eigenvalue weighted by Gasteiger charge is -2.35. The summed E-state index contributed by atoms with van der Waals surface area (Å²) < 4.78 is 5.70. The summed E-state index contributed by atoms with van der Waals surface area (Å²) in [5.74, 6) is 0.660. The Balaban J connectivity index is 1.70. The van der Waals surface area contributed by atoms with Crippen molar-refractivity contribution in [1.82, 2.24) is 9.80 Å². The van der Waals surface area contributed by atoms with Gasteiger partial charge in [-0.1, -0.05) is 12.1 Å². The number of piperazine rings is 1. The van der Waals surface area contributed by atoms with E-state index < -0.39 is 0 Å². The maximum absolute atomic E-state index is 9.39. The highest BCUT2D eigenvalue weighted by Crippen LogP contribution is 2.16. The summed E-state index contributed by atoms with van der Waals surface area (Å²) in [5.41, 5.74) is 0.583. The SMILES string of the molecule is CC(O)CN1CCN(CCOc2ccccc2C#N)CC1. The Hall–Kier alpha value is -1.61. The van der Waals surface area contributed by atoms with Gasteiger partial charge in [0.05, 0.1) is 11.7 Å². The Labute approximate surface area is 126 Å². The van der Waals surface area contributed by atoms with Gasteiger partial charge in [-0.15, -0.1) is 0 Å². The Morgan fingerprint density at radius 2 is 1.90 bits per heavy atom. The number of nitriles is 1. The van der Waals surface area contributed by atoms with Crippen LogP contribution >= 0.6 is 0 Å². The van der Waals surface area contributed by atoms with Crippen molar-refractivity contribution in [2.24, 2.45) is 0 Å². The summed E-state index contributed by atoms with van der Waals surface area (Å²) in [6.07, 6.45) is -0.262. The zero-order valence-electron chi connectivity index (χ0n) is 12.5. The molecule has 21 heavy (non-hydrogen) atoms. The zero-order chi connectivity index (χ0) is 15.1. The third-order valence-corrected chi connectivity index (χ3v) is 3.66. The van der Waals surface area contributed by atoms with Crippen LogP contribution in [-0.2, 0) is 0 Å². The highest BCUT2D eigenvalue weighted by Gasteiger charge is 2.17. The number of hydrogen-bond donors (Lipinski definition) is 1. The number of para-hydroxylation sites is 1. The van der Waals surface area contributed by atoms with Crippen molar-refractivity contribution in [2.75, 3.05) is 45.9 Å². The normalized spacial score (nSPS) is 18.1. The van der Waals surface area contributed by atoms with Gasteiger partial charge in [0.2, 0.25) is 0 Å². The Kier molecular flexibility index (Phi) is 6.00. The second-order valence-electron chi connectivity index (χ2n) is 5.45. The minimum Gasteiger partial charge on any atom is -0.491 e. The molecule has 0 spiro atoms. The molecule has 1 atom stereocenters. The van der Waals surface area contributed by atoms with Gasteiger partial charge in [-0.2, -0.15) is 5.26 Å². The number of benzene rings is 1. The minimum absolute atomic E-state index is 0.262. The van der Waals surface area contributed by atoms with Crippen molar-refractivity contribution in [2.45, 2.75) is 13.0 Å². The highest BCUT2D eigenvalue weighted by molar-refractivity contribution is 5.42. The van der Waals surface area contributed by atoms with Crippen LogP contribution in [0.15, 0.2) is 24.3 Å². The van der Waals surface area contributed by atoms with Gasteiger partial charge in [-0.25, -0.2) is 0 Å². The lowest BCUT2D eigenvalue weighted by Crippen LogP contribution is -2.49. The lowest BCUT2D eigenvalue weighted by molar-refractivity contribution is 0.0750. The van der Waals surface area contributed by atoms with E-state index in [-0.39, 0.29) is 6.10 Å². The average molecular weight is 289 g/mol. The number of β-amino-alcohol motifs (C(OH)–C–C–N with tert-alkyl or cyclic N) is 1. The molecule has 1 fully saturated rings. The molecule has 0 amide bonds. The number of hydrogen-bond acceptors (Lipinski definition) is 5. The van der Waals surface area contributed by atoms with E-state index in [4.69, 9.17) is 10.00 Å². The number of nitrogens with zero attached hydrogens (tertiary/aromatic N) is 3. The van der Waals surface area contributed by atoms with Crippen LogP contribution in [0.3, 0.4) is 0 Å². The van der Waals surface area contributed by atoms with E-state index in [1.165, 1.54) is 0 Å². The minimum atomic E-state index is -0.262. The molecule has 1 aromatic carbocycles. The van der Waals surface area contributed by atoms with Gasteiger partial charge in [0.25, 0.3) is 0 Å². The van der Waals surface area contributed by atoms with Crippen LogP contribution < -0.4 is 4.74 Å². The maximum atomic E-state index is 9.39. The topological polar surface area (TPSA) is 59.7 Å². The molecule has 1 aliphatic rings. The summed E-state index contributed by atoms with van der Waals surface area (Å²) in [6.45, 7) is 8.00. The molecule has 1 aliphatic heterocycles. The van der Waals surface area contributed by atoms with Crippen molar-refractivity contribution in [3.63, 3.8) is 0 Å². The molecule has 0 aliphatic carbocycles. The van der Waals surface area contributed by atoms with Crippen molar-refractivity contribution in [1.29, 1.82) is 5.26 Å². The van der Waals surface area contributed by atoms with Gasteiger partial charge in [0.15, 0.2) is 0 Å². The van der Waals surface area contributed by atoms with Gasteiger partial charge in [-0.3, -0.25) is 9.80 Å². The largest absolute Gasteiger partial charge is 0.491 e. The molecular formula is C16H23N3O2. The fraction of sp³-hybridized carbons (Fsp3) is 0.562. The molecule has 5 nitrogen and oxygen atoms in total. The highest BCUT2D eigenvalue weighted by atomic mass is 16.5. The standard InChI is InChI=1S/C16H23N3O2/c1-14(20)13-19-8-6-18(7-9-19)10-11-21-16-5-3-2-4-15(16)12-17/h2-5,14,20H,6-11,13H2,1H3. The molecule has 0 radical (unpaired) electrons. The van der Waals surface area contributed by atoms with Gasteiger partial charge in [0, 0.05) is 39.3 Å². The summed E-state index contributed by atoms with van der Waals surface area (Å²) >= 11 is 0. The summed E-state index contributed by atoms with van der Waals surface area (Å²) in [4.78, 5) is 4.64. The van der Waals surface area contributed by atoms with Gasteiger partial charge in [0.1, 0.15) is 18.4 Å². The fourth-order valence-electron chi connectivity index (χ4n) is 2.54. The average Bonchev–Trinajstić information content (AvgIpc) is 2.49. The van der Waals surface area contributed by atoms with Crippen LogP contribution in [0.4, 0.5) is 0 Å². The van der Waals surface area contributed by atoms with Crippen LogP contribution in [0.25, 0.3) is 0 Å². The Morgan fingerprint density at radius 3 is 2.57 bits per heavy atom. The third kappa shape index (κ3) is 5.01. The van der Waals surface area contributed by atoms with Crippen molar-refractivity contribution >= 4 is 0 Å². The number of aliphatic hydroxyl groups is 1. The molecule has 1 saturated heterocycles. The molecule has 0 aromatic heterocycles. The van der Waals surface area contributed by atoms with Crippen LogP contribution in [0.5, 0.6) is 5.75 Å². The first-order valence-electron chi connectivity index (χ1n) is 7.43. The second kappa shape index (κ2) is 7.99. The smallest absolute Gasteiger partial charge is 0.137 e. The summed E-state index contributed by atoms with van der Waals surface area (Å²) in [5, 5.41) is 18.4. The first-order chi connectivity index (χ1) is 10.2. The molecule has 0 saturated carbocycles. The summed E-state index contributed by atoms with van der Waals surface area (Å²) in [6, 6.07) is 9.46.